The molecule has 1 aromatic rings. The molecule has 0 amide bonds. The standard InChI is InChI=1S/C7H7BrFN3.ClH/c8-4-2-1-3-5(9)6(4)12-7(10)11;/h1-3H,(H4,10,11,12);1H. The largest absolute Gasteiger partial charge is 0.370 e. The van der Waals surface area contributed by atoms with E-state index in [9.17, 15) is 4.39 Å². The van der Waals surface area contributed by atoms with Crippen LogP contribution in [0.4, 0.5) is 10.1 Å². The molecule has 0 atom stereocenters. The van der Waals surface area contributed by atoms with Crippen molar-refractivity contribution in [3.63, 3.8) is 0 Å². The van der Waals surface area contributed by atoms with E-state index in [1.54, 1.807) is 12.1 Å². The van der Waals surface area contributed by atoms with Crippen molar-refractivity contribution in [3.8, 4) is 0 Å². The van der Waals surface area contributed by atoms with Crippen LogP contribution in [0, 0.1) is 5.82 Å². The van der Waals surface area contributed by atoms with Crippen LogP contribution in [0.15, 0.2) is 27.7 Å². The predicted molar refractivity (Wildman–Crippen MR) is 56.8 cm³/mol. The molecule has 1 aromatic carbocycles. The Labute approximate surface area is 89.6 Å². The molecule has 0 saturated carbocycles. The molecule has 0 spiro atoms. The van der Waals surface area contributed by atoms with Gasteiger partial charge < -0.3 is 11.5 Å². The summed E-state index contributed by atoms with van der Waals surface area (Å²) in [6.45, 7) is 0. The zero-order chi connectivity index (χ0) is 9.14. The van der Waals surface area contributed by atoms with Gasteiger partial charge in [0.2, 0.25) is 0 Å². The van der Waals surface area contributed by atoms with Gasteiger partial charge in [-0.2, -0.15) is 0 Å². The lowest BCUT2D eigenvalue weighted by Crippen LogP contribution is -2.22. The molecule has 0 heterocycles. The maximum atomic E-state index is 13.0. The number of aliphatic imine (C=N–C) groups is 1. The maximum Gasteiger partial charge on any atom is 0.191 e. The Morgan fingerprint density at radius 2 is 2.00 bits per heavy atom. The van der Waals surface area contributed by atoms with Crippen molar-refractivity contribution >= 4 is 40.0 Å². The van der Waals surface area contributed by atoms with E-state index in [-0.39, 0.29) is 24.1 Å². The average Bonchev–Trinajstić information content (AvgIpc) is 1.97. The smallest absolute Gasteiger partial charge is 0.191 e. The highest BCUT2D eigenvalue weighted by Crippen LogP contribution is 2.27. The molecule has 0 aromatic heterocycles. The molecule has 0 saturated heterocycles. The number of rotatable bonds is 1. The second kappa shape index (κ2) is 5.04. The van der Waals surface area contributed by atoms with Crippen LogP contribution in [0.1, 0.15) is 0 Å². The summed E-state index contributed by atoms with van der Waals surface area (Å²) in [6.07, 6.45) is 0. The summed E-state index contributed by atoms with van der Waals surface area (Å²) in [5.41, 5.74) is 10.3. The van der Waals surface area contributed by atoms with Crippen LogP contribution in [0.25, 0.3) is 0 Å². The van der Waals surface area contributed by atoms with Crippen molar-refractivity contribution in [3.05, 3.63) is 28.5 Å². The Kier molecular flexibility index (Phi) is 4.72. The molecule has 13 heavy (non-hydrogen) atoms. The van der Waals surface area contributed by atoms with Crippen molar-refractivity contribution < 1.29 is 4.39 Å². The Morgan fingerprint density at radius 3 is 2.46 bits per heavy atom. The zero-order valence-corrected chi connectivity index (χ0v) is 8.90. The number of halogens is 3. The van der Waals surface area contributed by atoms with Gasteiger partial charge in [-0.15, -0.1) is 12.4 Å². The van der Waals surface area contributed by atoms with Crippen LogP contribution in [0.3, 0.4) is 0 Å². The van der Waals surface area contributed by atoms with E-state index >= 15 is 0 Å². The summed E-state index contributed by atoms with van der Waals surface area (Å²) in [4.78, 5) is 3.61. The van der Waals surface area contributed by atoms with E-state index in [0.29, 0.717) is 4.47 Å². The molecule has 0 aliphatic carbocycles. The van der Waals surface area contributed by atoms with Gasteiger partial charge in [0.05, 0.1) is 0 Å². The van der Waals surface area contributed by atoms with Gasteiger partial charge in [-0.25, -0.2) is 9.38 Å². The second-order valence-electron chi connectivity index (χ2n) is 2.11. The molecule has 3 nitrogen and oxygen atoms in total. The fourth-order valence-electron chi connectivity index (χ4n) is 0.725. The zero-order valence-electron chi connectivity index (χ0n) is 6.50. The lowest BCUT2D eigenvalue weighted by molar-refractivity contribution is 0.629. The molecule has 0 unspecified atom stereocenters. The van der Waals surface area contributed by atoms with Gasteiger partial charge in [0.15, 0.2) is 5.96 Å². The summed E-state index contributed by atoms with van der Waals surface area (Å²) in [7, 11) is 0. The Morgan fingerprint density at radius 1 is 1.38 bits per heavy atom. The van der Waals surface area contributed by atoms with Crippen LogP contribution in [-0.2, 0) is 0 Å². The second-order valence-corrected chi connectivity index (χ2v) is 2.96. The van der Waals surface area contributed by atoms with E-state index in [4.69, 9.17) is 11.5 Å². The van der Waals surface area contributed by atoms with E-state index in [2.05, 4.69) is 20.9 Å². The van der Waals surface area contributed by atoms with E-state index in [1.807, 2.05) is 0 Å². The molecule has 0 fully saturated rings. The lowest BCUT2D eigenvalue weighted by atomic mass is 10.3. The molecular weight excluding hydrogens is 260 g/mol. The van der Waals surface area contributed by atoms with Crippen LogP contribution in [0.5, 0.6) is 0 Å². The summed E-state index contributed by atoms with van der Waals surface area (Å²) >= 11 is 3.12. The third-order valence-electron chi connectivity index (χ3n) is 1.18. The number of hydrogen-bond acceptors (Lipinski definition) is 1. The monoisotopic (exact) mass is 267 g/mol. The maximum absolute atomic E-state index is 13.0. The highest BCUT2D eigenvalue weighted by molar-refractivity contribution is 9.10. The van der Waals surface area contributed by atoms with E-state index < -0.39 is 5.82 Å². The average molecular weight is 269 g/mol. The van der Waals surface area contributed by atoms with Crippen LogP contribution in [-0.4, -0.2) is 5.96 Å². The molecule has 0 radical (unpaired) electrons. The number of para-hydroxylation sites is 1. The minimum absolute atomic E-state index is 0. The SMILES string of the molecule is Cl.NC(N)=Nc1c(F)cccc1Br. The predicted octanol–water partition coefficient (Wildman–Crippen LogP) is 1.91. The first kappa shape index (κ1) is 12.2. The van der Waals surface area contributed by atoms with Gasteiger partial charge in [-0.05, 0) is 28.1 Å². The fourth-order valence-corrected chi connectivity index (χ4v) is 1.16. The third kappa shape index (κ3) is 3.20. The molecule has 6 heteroatoms. The van der Waals surface area contributed by atoms with Gasteiger partial charge in [0, 0.05) is 4.47 Å². The minimum Gasteiger partial charge on any atom is -0.370 e. The number of nitrogens with zero attached hydrogens (tertiary/aromatic N) is 1. The number of guanidine groups is 1. The summed E-state index contributed by atoms with van der Waals surface area (Å²) < 4.78 is 13.5. The first-order chi connectivity index (χ1) is 5.61. The quantitative estimate of drug-likeness (QED) is 0.604. The summed E-state index contributed by atoms with van der Waals surface area (Å²) in [5.74, 6) is -0.626. The van der Waals surface area contributed by atoms with Crippen molar-refractivity contribution in [2.45, 2.75) is 0 Å². The fraction of sp³-hybridized carbons (Fsp3) is 0. The van der Waals surface area contributed by atoms with Crippen molar-refractivity contribution in [2.24, 2.45) is 16.5 Å². The molecular formula is C7H8BrClFN3. The van der Waals surface area contributed by atoms with Crippen molar-refractivity contribution in [1.29, 1.82) is 0 Å². The van der Waals surface area contributed by atoms with Gasteiger partial charge in [-0.3, -0.25) is 0 Å². The minimum atomic E-state index is -0.460. The molecule has 72 valence electrons. The van der Waals surface area contributed by atoms with Gasteiger partial charge in [-0.1, -0.05) is 6.07 Å². The van der Waals surface area contributed by atoms with Crippen LogP contribution >= 0.6 is 28.3 Å². The first-order valence-electron chi connectivity index (χ1n) is 3.15. The third-order valence-corrected chi connectivity index (χ3v) is 1.82. The highest BCUT2D eigenvalue weighted by Gasteiger charge is 2.03. The Balaban J connectivity index is 0.00000144. The topological polar surface area (TPSA) is 64.4 Å². The van der Waals surface area contributed by atoms with E-state index in [0.717, 1.165) is 0 Å². The van der Waals surface area contributed by atoms with Crippen molar-refractivity contribution in [1.82, 2.24) is 0 Å². The van der Waals surface area contributed by atoms with E-state index in [1.165, 1.54) is 6.07 Å². The van der Waals surface area contributed by atoms with Crippen LogP contribution < -0.4 is 11.5 Å². The Bertz CT molecular complexity index is 305. The summed E-state index contributed by atoms with van der Waals surface area (Å²) in [5, 5.41) is 0. The normalized spacial score (nSPS) is 8.77. The van der Waals surface area contributed by atoms with Crippen molar-refractivity contribution in [2.75, 3.05) is 0 Å². The molecule has 4 N–H and O–H groups in total. The molecule has 0 bridgehead atoms. The first-order valence-corrected chi connectivity index (χ1v) is 3.94. The number of benzene rings is 1. The van der Waals surface area contributed by atoms with Gasteiger partial charge in [0.25, 0.3) is 0 Å². The highest BCUT2D eigenvalue weighted by atomic mass is 79.9. The molecule has 1 rings (SSSR count). The summed E-state index contributed by atoms with van der Waals surface area (Å²) in [6, 6.07) is 4.50. The van der Waals surface area contributed by atoms with Crippen LogP contribution in [0.2, 0.25) is 0 Å². The lowest BCUT2D eigenvalue weighted by Gasteiger charge is -1.99. The van der Waals surface area contributed by atoms with Gasteiger partial charge >= 0.3 is 0 Å². The molecule has 0 aliphatic heterocycles. The number of nitrogens with two attached hydrogens (primary N) is 2. The molecule has 0 aliphatic rings. The van der Waals surface area contributed by atoms with Gasteiger partial charge in [0.1, 0.15) is 11.5 Å². The number of hydrogen-bond donors (Lipinski definition) is 2. The Hall–Kier alpha value is -0.810.